The zero-order valence-corrected chi connectivity index (χ0v) is 11.4. The number of benzene rings is 1. The van der Waals surface area contributed by atoms with E-state index in [1.54, 1.807) is 36.4 Å². The molecule has 2 aromatic heterocycles. The summed E-state index contributed by atoms with van der Waals surface area (Å²) in [7, 11) is 0. The standard InChI is InChI=1S/C15H11N5O2/c16-9-10-3-1-4-11(7-10)17-15-18-14(21)13(19-20-15)8-12-5-2-6-22-12/h1-7H,8H2,(H2,17,18,20,21). The zero-order chi connectivity index (χ0) is 15.4. The summed E-state index contributed by atoms with van der Waals surface area (Å²) < 4.78 is 5.18. The van der Waals surface area contributed by atoms with Crippen molar-refractivity contribution < 1.29 is 4.42 Å². The molecule has 0 saturated carbocycles. The first-order chi connectivity index (χ1) is 10.7. The molecule has 2 heterocycles. The molecule has 3 aromatic rings. The molecular formula is C15H11N5O2. The lowest BCUT2D eigenvalue weighted by molar-refractivity contribution is 0.517. The zero-order valence-electron chi connectivity index (χ0n) is 11.4. The van der Waals surface area contributed by atoms with Gasteiger partial charge in [-0.15, -0.1) is 10.2 Å². The van der Waals surface area contributed by atoms with Gasteiger partial charge in [-0.1, -0.05) is 6.07 Å². The lowest BCUT2D eigenvalue weighted by atomic mass is 10.2. The molecule has 0 amide bonds. The van der Waals surface area contributed by atoms with Gasteiger partial charge < -0.3 is 9.73 Å². The second kappa shape index (κ2) is 5.93. The third-order valence-electron chi connectivity index (χ3n) is 2.94. The second-order valence-corrected chi connectivity index (χ2v) is 4.52. The van der Waals surface area contributed by atoms with Gasteiger partial charge in [0.2, 0.25) is 5.95 Å². The normalized spacial score (nSPS) is 10.1. The van der Waals surface area contributed by atoms with Gasteiger partial charge in [-0.25, -0.2) is 0 Å². The summed E-state index contributed by atoms with van der Waals surface area (Å²) in [6, 6.07) is 12.4. The van der Waals surface area contributed by atoms with Crippen molar-refractivity contribution >= 4 is 11.6 Å². The molecule has 22 heavy (non-hydrogen) atoms. The smallest absolute Gasteiger partial charge is 0.274 e. The Hall–Kier alpha value is -3.40. The van der Waals surface area contributed by atoms with E-state index in [4.69, 9.17) is 9.68 Å². The van der Waals surface area contributed by atoms with Gasteiger partial charge in [-0.3, -0.25) is 9.78 Å². The summed E-state index contributed by atoms with van der Waals surface area (Å²) >= 11 is 0. The number of aromatic nitrogens is 3. The molecule has 0 spiro atoms. The summed E-state index contributed by atoms with van der Waals surface area (Å²) in [5.74, 6) is 0.852. The molecule has 0 bridgehead atoms. The number of furan rings is 1. The van der Waals surface area contributed by atoms with Gasteiger partial charge in [-0.05, 0) is 30.3 Å². The maximum Gasteiger partial charge on any atom is 0.274 e. The summed E-state index contributed by atoms with van der Waals surface area (Å²) in [6.07, 6.45) is 1.81. The lowest BCUT2D eigenvalue weighted by Crippen LogP contribution is -2.18. The Morgan fingerprint density at radius 3 is 2.91 bits per heavy atom. The number of rotatable bonds is 4. The highest BCUT2D eigenvalue weighted by molar-refractivity contribution is 5.55. The van der Waals surface area contributed by atoms with Crippen LogP contribution < -0.4 is 10.9 Å². The number of hydrogen-bond acceptors (Lipinski definition) is 6. The van der Waals surface area contributed by atoms with Gasteiger partial charge >= 0.3 is 0 Å². The minimum Gasteiger partial charge on any atom is -0.469 e. The highest BCUT2D eigenvalue weighted by Gasteiger charge is 2.08. The van der Waals surface area contributed by atoms with E-state index in [-0.39, 0.29) is 23.6 Å². The Balaban J connectivity index is 1.80. The summed E-state index contributed by atoms with van der Waals surface area (Å²) in [4.78, 5) is 14.6. The molecule has 0 aliphatic heterocycles. The molecule has 1 aromatic carbocycles. The van der Waals surface area contributed by atoms with Gasteiger partial charge in [0, 0.05) is 5.69 Å². The van der Waals surface area contributed by atoms with Crippen molar-refractivity contribution in [2.75, 3.05) is 5.32 Å². The van der Waals surface area contributed by atoms with Gasteiger partial charge in [-0.2, -0.15) is 5.26 Å². The number of aromatic amines is 1. The van der Waals surface area contributed by atoms with E-state index in [9.17, 15) is 4.79 Å². The molecule has 0 unspecified atom stereocenters. The summed E-state index contributed by atoms with van der Waals surface area (Å²) in [5.41, 5.74) is 1.08. The molecular weight excluding hydrogens is 282 g/mol. The molecule has 108 valence electrons. The van der Waals surface area contributed by atoms with Crippen LogP contribution in [0.25, 0.3) is 0 Å². The summed E-state index contributed by atoms with van der Waals surface area (Å²) in [6.45, 7) is 0. The first-order valence-electron chi connectivity index (χ1n) is 6.50. The fraction of sp³-hybridized carbons (Fsp3) is 0.0667. The molecule has 3 rings (SSSR count). The molecule has 7 nitrogen and oxygen atoms in total. The molecule has 2 N–H and O–H groups in total. The Morgan fingerprint density at radius 1 is 1.27 bits per heavy atom. The highest BCUT2D eigenvalue weighted by Crippen LogP contribution is 2.13. The van der Waals surface area contributed by atoms with Crippen molar-refractivity contribution in [3.05, 3.63) is 70.0 Å². The van der Waals surface area contributed by atoms with Crippen LogP contribution in [0.1, 0.15) is 17.0 Å². The molecule has 7 heteroatoms. The SMILES string of the molecule is N#Cc1cccc(Nc2nnc(Cc3ccco3)c(=O)[nH]2)c1. The Labute approximate surface area is 125 Å². The monoisotopic (exact) mass is 293 g/mol. The van der Waals surface area contributed by atoms with Crippen LogP contribution in [0.5, 0.6) is 0 Å². The number of anilines is 2. The fourth-order valence-corrected chi connectivity index (χ4v) is 1.91. The molecule has 0 atom stereocenters. The molecule has 0 aliphatic carbocycles. The lowest BCUT2D eigenvalue weighted by Gasteiger charge is -2.05. The quantitative estimate of drug-likeness (QED) is 0.761. The van der Waals surface area contributed by atoms with Gasteiger partial charge in [0.25, 0.3) is 5.56 Å². The van der Waals surface area contributed by atoms with Gasteiger partial charge in [0.15, 0.2) is 0 Å². The highest BCUT2D eigenvalue weighted by atomic mass is 16.3. The predicted molar refractivity (Wildman–Crippen MR) is 78.6 cm³/mol. The van der Waals surface area contributed by atoms with Crippen LogP contribution in [0.4, 0.5) is 11.6 Å². The van der Waals surface area contributed by atoms with E-state index in [1.165, 1.54) is 6.26 Å². The van der Waals surface area contributed by atoms with Gasteiger partial charge in [0.1, 0.15) is 11.5 Å². The topological polar surface area (TPSA) is 108 Å². The Kier molecular flexibility index (Phi) is 3.66. The van der Waals surface area contributed by atoms with E-state index in [0.717, 1.165) is 0 Å². The minimum atomic E-state index is -0.342. The number of nitrogens with zero attached hydrogens (tertiary/aromatic N) is 3. The Morgan fingerprint density at radius 2 is 2.18 bits per heavy atom. The van der Waals surface area contributed by atoms with Crippen molar-refractivity contribution in [1.82, 2.24) is 15.2 Å². The van der Waals surface area contributed by atoms with Crippen molar-refractivity contribution in [3.8, 4) is 6.07 Å². The molecule has 0 radical (unpaired) electrons. The fourth-order valence-electron chi connectivity index (χ4n) is 1.91. The first kappa shape index (κ1) is 13.6. The van der Waals surface area contributed by atoms with E-state index in [1.807, 2.05) is 6.07 Å². The largest absolute Gasteiger partial charge is 0.469 e. The third kappa shape index (κ3) is 3.02. The number of nitriles is 1. The van der Waals surface area contributed by atoms with Crippen molar-refractivity contribution in [2.24, 2.45) is 0 Å². The first-order valence-corrected chi connectivity index (χ1v) is 6.50. The maximum absolute atomic E-state index is 12.0. The van der Waals surface area contributed by atoms with Crippen LogP contribution in [0.3, 0.4) is 0 Å². The number of nitrogens with one attached hydrogen (secondary N) is 2. The van der Waals surface area contributed by atoms with E-state index < -0.39 is 0 Å². The predicted octanol–water partition coefficient (Wildman–Crippen LogP) is 1.96. The van der Waals surface area contributed by atoms with Crippen molar-refractivity contribution in [2.45, 2.75) is 6.42 Å². The van der Waals surface area contributed by atoms with Crippen molar-refractivity contribution in [1.29, 1.82) is 5.26 Å². The van der Waals surface area contributed by atoms with Crippen LogP contribution in [0, 0.1) is 11.3 Å². The number of hydrogen-bond donors (Lipinski definition) is 2. The van der Waals surface area contributed by atoms with Crippen LogP contribution in [0.2, 0.25) is 0 Å². The molecule has 0 fully saturated rings. The van der Waals surface area contributed by atoms with Crippen LogP contribution >= 0.6 is 0 Å². The van der Waals surface area contributed by atoms with E-state index in [0.29, 0.717) is 17.0 Å². The van der Waals surface area contributed by atoms with Crippen molar-refractivity contribution in [3.63, 3.8) is 0 Å². The van der Waals surface area contributed by atoms with E-state index >= 15 is 0 Å². The number of H-pyrrole nitrogens is 1. The molecule has 0 saturated heterocycles. The van der Waals surface area contributed by atoms with Crippen LogP contribution in [-0.2, 0) is 6.42 Å². The van der Waals surface area contributed by atoms with E-state index in [2.05, 4.69) is 20.5 Å². The third-order valence-corrected chi connectivity index (χ3v) is 2.94. The average molecular weight is 293 g/mol. The van der Waals surface area contributed by atoms with Crippen LogP contribution in [0.15, 0.2) is 51.9 Å². The van der Waals surface area contributed by atoms with Crippen LogP contribution in [-0.4, -0.2) is 15.2 Å². The summed E-state index contributed by atoms with van der Waals surface area (Å²) in [5, 5.41) is 19.6. The second-order valence-electron chi connectivity index (χ2n) is 4.52. The van der Waals surface area contributed by atoms with Gasteiger partial charge in [0.05, 0.1) is 24.3 Å². The Bertz CT molecular complexity index is 877. The molecule has 0 aliphatic rings. The average Bonchev–Trinajstić information content (AvgIpc) is 3.03. The minimum absolute atomic E-state index is 0.211. The maximum atomic E-state index is 12.0.